The van der Waals surface area contributed by atoms with Gasteiger partial charge in [0.05, 0.1) is 5.69 Å². The molecular formula is C15H20N6. The van der Waals surface area contributed by atoms with Crippen LogP contribution in [0.3, 0.4) is 0 Å². The zero-order valence-electron chi connectivity index (χ0n) is 12.5. The molecule has 21 heavy (non-hydrogen) atoms. The van der Waals surface area contributed by atoms with Gasteiger partial charge in [0.15, 0.2) is 0 Å². The fourth-order valence-electron chi connectivity index (χ4n) is 2.78. The van der Waals surface area contributed by atoms with Crippen molar-refractivity contribution in [3.05, 3.63) is 36.0 Å². The van der Waals surface area contributed by atoms with Crippen LogP contribution in [0.25, 0.3) is 0 Å². The van der Waals surface area contributed by atoms with Crippen molar-refractivity contribution in [2.45, 2.75) is 25.7 Å². The SMILES string of the molecule is CNc1cc(C2CCCN(c3ncccn3)C2)nc(C)n1. The van der Waals surface area contributed by atoms with Gasteiger partial charge >= 0.3 is 0 Å². The van der Waals surface area contributed by atoms with E-state index >= 15 is 0 Å². The second-order valence-electron chi connectivity index (χ2n) is 5.31. The highest BCUT2D eigenvalue weighted by atomic mass is 15.2. The first-order chi connectivity index (χ1) is 10.3. The molecule has 110 valence electrons. The highest BCUT2D eigenvalue weighted by molar-refractivity contribution is 5.38. The summed E-state index contributed by atoms with van der Waals surface area (Å²) in [5.74, 6) is 2.90. The molecule has 1 aliphatic heterocycles. The van der Waals surface area contributed by atoms with Crippen molar-refractivity contribution in [3.63, 3.8) is 0 Å². The van der Waals surface area contributed by atoms with E-state index in [-0.39, 0.29) is 0 Å². The Morgan fingerprint density at radius 1 is 1.24 bits per heavy atom. The second kappa shape index (κ2) is 6.03. The Morgan fingerprint density at radius 2 is 2.05 bits per heavy atom. The molecule has 0 spiro atoms. The fraction of sp³-hybridized carbons (Fsp3) is 0.467. The van der Waals surface area contributed by atoms with Gasteiger partial charge in [0.25, 0.3) is 0 Å². The van der Waals surface area contributed by atoms with Gasteiger partial charge in [-0.05, 0) is 25.8 Å². The molecule has 0 aromatic carbocycles. The van der Waals surface area contributed by atoms with Gasteiger partial charge in [0, 0.05) is 44.5 Å². The molecule has 3 rings (SSSR count). The van der Waals surface area contributed by atoms with Gasteiger partial charge in [0.2, 0.25) is 5.95 Å². The Hall–Kier alpha value is -2.24. The largest absolute Gasteiger partial charge is 0.373 e. The van der Waals surface area contributed by atoms with Crippen LogP contribution in [0, 0.1) is 6.92 Å². The van der Waals surface area contributed by atoms with Crippen molar-refractivity contribution in [1.82, 2.24) is 19.9 Å². The van der Waals surface area contributed by atoms with E-state index in [4.69, 9.17) is 0 Å². The van der Waals surface area contributed by atoms with Crippen LogP contribution in [-0.4, -0.2) is 40.1 Å². The van der Waals surface area contributed by atoms with Crippen LogP contribution in [0.15, 0.2) is 24.5 Å². The molecule has 1 saturated heterocycles. The standard InChI is InChI=1S/C15H20N6/c1-11-19-13(9-14(16-2)20-11)12-5-3-8-21(10-12)15-17-6-4-7-18-15/h4,6-7,9,12H,3,5,8,10H2,1-2H3,(H,16,19,20). The van der Waals surface area contributed by atoms with E-state index in [2.05, 4.69) is 30.2 Å². The Balaban J connectivity index is 1.81. The first-order valence-electron chi connectivity index (χ1n) is 7.31. The van der Waals surface area contributed by atoms with Crippen molar-refractivity contribution in [2.24, 2.45) is 0 Å². The number of aromatic nitrogens is 4. The average Bonchev–Trinajstić information content (AvgIpc) is 2.55. The van der Waals surface area contributed by atoms with Crippen molar-refractivity contribution in [3.8, 4) is 0 Å². The van der Waals surface area contributed by atoms with Crippen molar-refractivity contribution >= 4 is 11.8 Å². The van der Waals surface area contributed by atoms with Crippen LogP contribution in [0.4, 0.5) is 11.8 Å². The predicted octanol–water partition coefficient (Wildman–Crippen LogP) is 2.00. The third-order valence-corrected chi connectivity index (χ3v) is 3.79. The monoisotopic (exact) mass is 284 g/mol. The number of hydrogen-bond donors (Lipinski definition) is 1. The van der Waals surface area contributed by atoms with Crippen molar-refractivity contribution < 1.29 is 0 Å². The van der Waals surface area contributed by atoms with Crippen LogP contribution in [0.2, 0.25) is 0 Å². The smallest absolute Gasteiger partial charge is 0.225 e. The summed E-state index contributed by atoms with van der Waals surface area (Å²) in [5.41, 5.74) is 1.10. The van der Waals surface area contributed by atoms with Gasteiger partial charge in [-0.15, -0.1) is 0 Å². The van der Waals surface area contributed by atoms with E-state index in [1.54, 1.807) is 12.4 Å². The molecular weight excluding hydrogens is 264 g/mol. The zero-order valence-corrected chi connectivity index (χ0v) is 12.5. The first kappa shape index (κ1) is 13.7. The summed E-state index contributed by atoms with van der Waals surface area (Å²) < 4.78 is 0. The molecule has 2 aromatic rings. The lowest BCUT2D eigenvalue weighted by molar-refractivity contribution is 0.494. The van der Waals surface area contributed by atoms with E-state index in [0.717, 1.165) is 49.2 Å². The van der Waals surface area contributed by atoms with Crippen LogP contribution in [0.1, 0.15) is 30.3 Å². The Morgan fingerprint density at radius 3 is 2.81 bits per heavy atom. The second-order valence-corrected chi connectivity index (χ2v) is 5.31. The maximum absolute atomic E-state index is 4.61. The molecule has 1 N–H and O–H groups in total. The summed E-state index contributed by atoms with van der Waals surface area (Å²) in [5, 5.41) is 3.10. The van der Waals surface area contributed by atoms with Gasteiger partial charge in [-0.3, -0.25) is 0 Å². The lowest BCUT2D eigenvalue weighted by Gasteiger charge is -2.32. The normalized spacial score (nSPS) is 18.6. The molecule has 6 nitrogen and oxygen atoms in total. The summed E-state index contributed by atoms with van der Waals surface area (Å²) in [6.07, 6.45) is 5.85. The van der Waals surface area contributed by atoms with E-state index in [9.17, 15) is 0 Å². The van der Waals surface area contributed by atoms with Gasteiger partial charge in [0.1, 0.15) is 11.6 Å². The number of piperidine rings is 1. The molecule has 2 aromatic heterocycles. The first-order valence-corrected chi connectivity index (χ1v) is 7.31. The van der Waals surface area contributed by atoms with Crippen LogP contribution < -0.4 is 10.2 Å². The maximum Gasteiger partial charge on any atom is 0.225 e. The van der Waals surface area contributed by atoms with Gasteiger partial charge in [-0.1, -0.05) is 0 Å². The zero-order chi connectivity index (χ0) is 14.7. The highest BCUT2D eigenvalue weighted by Gasteiger charge is 2.24. The summed E-state index contributed by atoms with van der Waals surface area (Å²) in [7, 11) is 1.89. The summed E-state index contributed by atoms with van der Waals surface area (Å²) >= 11 is 0. The molecule has 1 fully saturated rings. The number of nitrogens with one attached hydrogen (secondary N) is 1. The van der Waals surface area contributed by atoms with E-state index < -0.39 is 0 Å². The molecule has 0 aliphatic carbocycles. The lowest BCUT2D eigenvalue weighted by Crippen LogP contribution is -2.35. The highest BCUT2D eigenvalue weighted by Crippen LogP contribution is 2.28. The van der Waals surface area contributed by atoms with Crippen LogP contribution in [-0.2, 0) is 0 Å². The Labute approximate surface area is 124 Å². The number of hydrogen-bond acceptors (Lipinski definition) is 6. The number of aryl methyl sites for hydroxylation is 1. The number of nitrogens with zero attached hydrogens (tertiary/aromatic N) is 5. The molecule has 0 bridgehead atoms. The molecule has 3 heterocycles. The maximum atomic E-state index is 4.61. The summed E-state index contributed by atoms with van der Waals surface area (Å²) in [6, 6.07) is 3.89. The molecule has 0 amide bonds. The lowest BCUT2D eigenvalue weighted by atomic mass is 9.94. The van der Waals surface area contributed by atoms with E-state index in [1.165, 1.54) is 0 Å². The van der Waals surface area contributed by atoms with Crippen LogP contribution in [0.5, 0.6) is 0 Å². The summed E-state index contributed by atoms with van der Waals surface area (Å²) in [6.45, 7) is 3.85. The molecule has 1 unspecified atom stereocenters. The van der Waals surface area contributed by atoms with Gasteiger partial charge < -0.3 is 10.2 Å². The Bertz CT molecular complexity index is 600. The van der Waals surface area contributed by atoms with Gasteiger partial charge in [-0.2, -0.15) is 0 Å². The number of rotatable bonds is 3. The van der Waals surface area contributed by atoms with Crippen LogP contribution >= 0.6 is 0 Å². The Kier molecular flexibility index (Phi) is 3.94. The minimum atomic E-state index is 0.399. The quantitative estimate of drug-likeness (QED) is 0.930. The molecule has 1 atom stereocenters. The molecule has 6 heteroatoms. The van der Waals surface area contributed by atoms with Gasteiger partial charge in [-0.25, -0.2) is 19.9 Å². The molecule has 0 saturated carbocycles. The average molecular weight is 284 g/mol. The van der Waals surface area contributed by atoms with E-state index in [1.807, 2.05) is 26.1 Å². The third-order valence-electron chi connectivity index (χ3n) is 3.79. The molecule has 0 radical (unpaired) electrons. The van der Waals surface area contributed by atoms with Crippen molar-refractivity contribution in [1.29, 1.82) is 0 Å². The van der Waals surface area contributed by atoms with Crippen molar-refractivity contribution in [2.75, 3.05) is 30.4 Å². The minimum Gasteiger partial charge on any atom is -0.373 e. The topological polar surface area (TPSA) is 66.8 Å². The third kappa shape index (κ3) is 3.09. The summed E-state index contributed by atoms with van der Waals surface area (Å²) in [4.78, 5) is 19.9. The minimum absolute atomic E-state index is 0.399. The fourth-order valence-corrected chi connectivity index (χ4v) is 2.78. The predicted molar refractivity (Wildman–Crippen MR) is 82.5 cm³/mol. The van der Waals surface area contributed by atoms with E-state index in [0.29, 0.717) is 5.92 Å². The molecule has 1 aliphatic rings. The number of anilines is 2.